The van der Waals surface area contributed by atoms with E-state index >= 15 is 0 Å². The van der Waals surface area contributed by atoms with Crippen LogP contribution in [-0.4, -0.2) is 30.6 Å². The molecular weight excluding hydrogens is 288 g/mol. The van der Waals surface area contributed by atoms with E-state index in [0.29, 0.717) is 12.3 Å². The molecule has 0 spiro atoms. The first-order valence-corrected chi connectivity index (χ1v) is 8.36. The van der Waals surface area contributed by atoms with Gasteiger partial charge in [0.2, 0.25) is 5.91 Å². The topological polar surface area (TPSA) is 61.4 Å². The van der Waals surface area contributed by atoms with Crippen molar-refractivity contribution in [2.24, 2.45) is 5.92 Å². The molecule has 1 aliphatic heterocycles. The normalized spacial score (nSPS) is 17.1. The van der Waals surface area contributed by atoms with Gasteiger partial charge in [0.25, 0.3) is 0 Å². The van der Waals surface area contributed by atoms with Gasteiger partial charge in [-0.3, -0.25) is 4.79 Å². The van der Waals surface area contributed by atoms with Gasteiger partial charge in [-0.1, -0.05) is 36.4 Å². The van der Waals surface area contributed by atoms with Crippen LogP contribution in [0.5, 0.6) is 0 Å². The minimum Gasteiger partial charge on any atom is -0.387 e. The smallest absolute Gasteiger partial charge is 0.220 e. The van der Waals surface area contributed by atoms with E-state index in [9.17, 15) is 9.90 Å². The molecule has 3 N–H and O–H groups in total. The zero-order chi connectivity index (χ0) is 16.1. The van der Waals surface area contributed by atoms with Gasteiger partial charge in [-0.05, 0) is 54.3 Å². The Hall–Kier alpha value is -1.91. The molecule has 1 heterocycles. The number of carbonyl (C=O) groups is 1. The molecule has 2 aromatic carbocycles. The predicted octanol–water partition coefficient (Wildman–Crippen LogP) is 2.38. The van der Waals surface area contributed by atoms with E-state index in [1.165, 1.54) is 0 Å². The van der Waals surface area contributed by atoms with Gasteiger partial charge in [-0.2, -0.15) is 0 Å². The Kier molecular flexibility index (Phi) is 5.26. The number of aliphatic hydroxyl groups excluding tert-OH is 1. The minimum atomic E-state index is -0.670. The third-order valence-corrected chi connectivity index (χ3v) is 4.58. The number of aliphatic hydroxyl groups is 1. The van der Waals surface area contributed by atoms with Gasteiger partial charge in [0.05, 0.1) is 6.10 Å². The standard InChI is InChI=1S/C19H24N2O2/c22-18(13-21-19(23)11-14-7-9-20-10-8-14)17-6-5-15-3-1-2-4-16(15)12-17/h1-6,12,14,18,20,22H,7-11,13H2,(H,21,23). The van der Waals surface area contributed by atoms with Crippen molar-refractivity contribution in [3.8, 4) is 0 Å². The first-order chi connectivity index (χ1) is 11.2. The van der Waals surface area contributed by atoms with E-state index in [1.54, 1.807) is 0 Å². The minimum absolute atomic E-state index is 0.0386. The molecule has 1 atom stereocenters. The molecule has 1 amide bonds. The molecule has 1 fully saturated rings. The molecule has 0 aromatic heterocycles. The van der Waals surface area contributed by atoms with Gasteiger partial charge < -0.3 is 15.7 Å². The monoisotopic (exact) mass is 312 g/mol. The van der Waals surface area contributed by atoms with E-state index in [4.69, 9.17) is 0 Å². The molecule has 2 aromatic rings. The fourth-order valence-corrected chi connectivity index (χ4v) is 3.16. The van der Waals surface area contributed by atoms with E-state index in [1.807, 2.05) is 42.5 Å². The van der Waals surface area contributed by atoms with Crippen molar-refractivity contribution in [1.29, 1.82) is 0 Å². The van der Waals surface area contributed by atoms with E-state index in [-0.39, 0.29) is 12.5 Å². The molecule has 122 valence electrons. The zero-order valence-corrected chi connectivity index (χ0v) is 13.3. The Labute approximate surface area is 136 Å². The Bertz CT molecular complexity index is 665. The summed E-state index contributed by atoms with van der Waals surface area (Å²) in [4.78, 5) is 12.0. The average molecular weight is 312 g/mol. The van der Waals surface area contributed by atoms with Crippen LogP contribution in [0, 0.1) is 5.92 Å². The van der Waals surface area contributed by atoms with Gasteiger partial charge in [0.15, 0.2) is 0 Å². The van der Waals surface area contributed by atoms with E-state index in [2.05, 4.69) is 10.6 Å². The van der Waals surface area contributed by atoms with Crippen LogP contribution >= 0.6 is 0 Å². The molecule has 4 nitrogen and oxygen atoms in total. The summed E-state index contributed by atoms with van der Waals surface area (Å²) in [6, 6.07) is 14.0. The average Bonchev–Trinajstić information content (AvgIpc) is 2.60. The number of nitrogens with one attached hydrogen (secondary N) is 2. The van der Waals surface area contributed by atoms with E-state index < -0.39 is 6.10 Å². The largest absolute Gasteiger partial charge is 0.387 e. The molecule has 0 bridgehead atoms. The number of piperidine rings is 1. The highest BCUT2D eigenvalue weighted by molar-refractivity contribution is 5.83. The van der Waals surface area contributed by atoms with Gasteiger partial charge >= 0.3 is 0 Å². The lowest BCUT2D eigenvalue weighted by Gasteiger charge is -2.22. The summed E-state index contributed by atoms with van der Waals surface area (Å²) >= 11 is 0. The summed E-state index contributed by atoms with van der Waals surface area (Å²) in [6.45, 7) is 2.26. The molecule has 0 saturated carbocycles. The van der Waals surface area contributed by atoms with Crippen molar-refractivity contribution in [2.45, 2.75) is 25.4 Å². The predicted molar refractivity (Wildman–Crippen MR) is 92.1 cm³/mol. The lowest BCUT2D eigenvalue weighted by molar-refractivity contribution is -0.122. The number of carbonyl (C=O) groups excluding carboxylic acids is 1. The summed E-state index contributed by atoms with van der Waals surface area (Å²) in [5.41, 5.74) is 0.839. The van der Waals surface area contributed by atoms with Crippen molar-refractivity contribution < 1.29 is 9.90 Å². The zero-order valence-electron chi connectivity index (χ0n) is 13.3. The Morgan fingerprint density at radius 3 is 2.70 bits per heavy atom. The third kappa shape index (κ3) is 4.30. The van der Waals surface area contributed by atoms with Crippen LogP contribution in [0.1, 0.15) is 30.9 Å². The second-order valence-corrected chi connectivity index (χ2v) is 6.32. The maximum atomic E-state index is 12.0. The number of rotatable bonds is 5. The summed E-state index contributed by atoms with van der Waals surface area (Å²) in [5, 5.41) is 18.7. The van der Waals surface area contributed by atoms with Crippen molar-refractivity contribution in [3.05, 3.63) is 48.0 Å². The van der Waals surface area contributed by atoms with Crippen LogP contribution in [0.3, 0.4) is 0 Å². The number of amides is 1. The molecule has 3 rings (SSSR count). The highest BCUT2D eigenvalue weighted by Gasteiger charge is 2.17. The Morgan fingerprint density at radius 1 is 1.17 bits per heavy atom. The number of benzene rings is 2. The molecule has 4 heteroatoms. The number of hydrogen-bond donors (Lipinski definition) is 3. The Balaban J connectivity index is 1.53. The number of fused-ring (bicyclic) bond motifs is 1. The highest BCUT2D eigenvalue weighted by Crippen LogP contribution is 2.20. The van der Waals surface area contributed by atoms with Crippen LogP contribution < -0.4 is 10.6 Å². The first kappa shape index (κ1) is 16.0. The quantitative estimate of drug-likeness (QED) is 0.794. The van der Waals surface area contributed by atoms with Crippen LogP contribution in [0.25, 0.3) is 10.8 Å². The van der Waals surface area contributed by atoms with Crippen LogP contribution in [0.4, 0.5) is 0 Å². The second-order valence-electron chi connectivity index (χ2n) is 6.32. The summed E-state index contributed by atoms with van der Waals surface area (Å²) in [7, 11) is 0. The van der Waals surface area contributed by atoms with Gasteiger partial charge in [-0.25, -0.2) is 0 Å². The van der Waals surface area contributed by atoms with Gasteiger partial charge in [-0.15, -0.1) is 0 Å². The fraction of sp³-hybridized carbons (Fsp3) is 0.421. The molecule has 1 saturated heterocycles. The van der Waals surface area contributed by atoms with Crippen molar-refractivity contribution in [2.75, 3.05) is 19.6 Å². The number of hydrogen-bond acceptors (Lipinski definition) is 3. The van der Waals surface area contributed by atoms with Crippen molar-refractivity contribution >= 4 is 16.7 Å². The SMILES string of the molecule is O=C(CC1CCNCC1)NCC(O)c1ccc2ccccc2c1. The molecule has 0 aliphatic carbocycles. The maximum absolute atomic E-state index is 12.0. The molecule has 0 radical (unpaired) electrons. The lowest BCUT2D eigenvalue weighted by atomic mass is 9.94. The molecule has 1 unspecified atom stereocenters. The Morgan fingerprint density at radius 2 is 1.91 bits per heavy atom. The summed E-state index contributed by atoms with van der Waals surface area (Å²) in [5.74, 6) is 0.505. The third-order valence-electron chi connectivity index (χ3n) is 4.58. The summed E-state index contributed by atoms with van der Waals surface area (Å²) in [6.07, 6.45) is 2.00. The maximum Gasteiger partial charge on any atom is 0.220 e. The van der Waals surface area contributed by atoms with Crippen LogP contribution in [0.15, 0.2) is 42.5 Å². The van der Waals surface area contributed by atoms with Crippen LogP contribution in [-0.2, 0) is 4.79 Å². The highest BCUT2D eigenvalue weighted by atomic mass is 16.3. The summed E-state index contributed by atoms with van der Waals surface area (Å²) < 4.78 is 0. The second kappa shape index (κ2) is 7.57. The molecule has 1 aliphatic rings. The molecular formula is C19H24N2O2. The molecule has 23 heavy (non-hydrogen) atoms. The van der Waals surface area contributed by atoms with Crippen molar-refractivity contribution in [1.82, 2.24) is 10.6 Å². The fourth-order valence-electron chi connectivity index (χ4n) is 3.16. The van der Waals surface area contributed by atoms with Crippen molar-refractivity contribution in [3.63, 3.8) is 0 Å². The lowest BCUT2D eigenvalue weighted by Crippen LogP contribution is -2.33. The van der Waals surface area contributed by atoms with Crippen LogP contribution in [0.2, 0.25) is 0 Å². The van der Waals surface area contributed by atoms with E-state index in [0.717, 1.165) is 42.3 Å². The first-order valence-electron chi connectivity index (χ1n) is 8.36. The van der Waals surface area contributed by atoms with Gasteiger partial charge in [0.1, 0.15) is 0 Å². The van der Waals surface area contributed by atoms with Gasteiger partial charge in [0, 0.05) is 13.0 Å².